The number of amides is 1. The van der Waals surface area contributed by atoms with Crippen molar-refractivity contribution < 1.29 is 4.79 Å². The van der Waals surface area contributed by atoms with Crippen molar-refractivity contribution in [3.05, 3.63) is 41.2 Å². The van der Waals surface area contributed by atoms with Gasteiger partial charge in [0.05, 0.1) is 17.6 Å². The summed E-state index contributed by atoms with van der Waals surface area (Å²) in [5.41, 5.74) is 2.94. The lowest BCUT2D eigenvalue weighted by Crippen LogP contribution is -2.27. The molecule has 19 heavy (non-hydrogen) atoms. The first-order chi connectivity index (χ1) is 9.11. The first-order valence-electron chi connectivity index (χ1n) is 5.97. The van der Waals surface area contributed by atoms with Crippen molar-refractivity contribution in [2.24, 2.45) is 0 Å². The van der Waals surface area contributed by atoms with Gasteiger partial charge < -0.3 is 14.9 Å². The minimum absolute atomic E-state index is 0.212. The third-order valence-electron chi connectivity index (χ3n) is 3.04. The lowest BCUT2D eigenvalue weighted by atomic mass is 10.3. The van der Waals surface area contributed by atoms with Crippen molar-refractivity contribution in [1.29, 1.82) is 5.26 Å². The lowest BCUT2D eigenvalue weighted by molar-refractivity contribution is 0.0948. The van der Waals surface area contributed by atoms with Crippen molar-refractivity contribution in [3.63, 3.8) is 0 Å². The van der Waals surface area contributed by atoms with Gasteiger partial charge in [0, 0.05) is 25.0 Å². The van der Waals surface area contributed by atoms with Gasteiger partial charge in [-0.05, 0) is 19.9 Å². The van der Waals surface area contributed by atoms with Crippen molar-refractivity contribution in [2.45, 2.75) is 20.4 Å². The fourth-order valence-corrected chi connectivity index (χ4v) is 1.74. The molecule has 6 heteroatoms. The second kappa shape index (κ2) is 5.40. The highest BCUT2D eigenvalue weighted by atomic mass is 16.1. The van der Waals surface area contributed by atoms with E-state index in [2.05, 4.69) is 15.3 Å². The van der Waals surface area contributed by atoms with Crippen LogP contribution in [0.1, 0.15) is 27.4 Å². The maximum atomic E-state index is 11.8. The van der Waals surface area contributed by atoms with Gasteiger partial charge in [0.1, 0.15) is 11.8 Å². The quantitative estimate of drug-likeness (QED) is 0.860. The summed E-state index contributed by atoms with van der Waals surface area (Å²) < 4.78 is 1.99. The van der Waals surface area contributed by atoms with E-state index >= 15 is 0 Å². The molecule has 0 bridgehead atoms. The summed E-state index contributed by atoms with van der Waals surface area (Å²) >= 11 is 0. The molecule has 0 atom stereocenters. The van der Waals surface area contributed by atoms with Gasteiger partial charge in [-0.2, -0.15) is 5.26 Å². The Morgan fingerprint density at radius 1 is 1.58 bits per heavy atom. The molecule has 0 saturated carbocycles. The molecule has 1 amide bonds. The van der Waals surface area contributed by atoms with Crippen LogP contribution in [0.5, 0.6) is 0 Å². The van der Waals surface area contributed by atoms with E-state index in [4.69, 9.17) is 5.26 Å². The van der Waals surface area contributed by atoms with Crippen LogP contribution < -0.4 is 5.32 Å². The second-order valence-corrected chi connectivity index (χ2v) is 4.28. The van der Waals surface area contributed by atoms with Crippen molar-refractivity contribution >= 4 is 5.91 Å². The maximum absolute atomic E-state index is 11.8. The molecule has 0 aliphatic heterocycles. The molecule has 0 saturated heterocycles. The Labute approximate surface area is 111 Å². The molecule has 0 spiro atoms. The largest absolute Gasteiger partial charge is 0.356 e. The van der Waals surface area contributed by atoms with Crippen LogP contribution in [0.3, 0.4) is 0 Å². The van der Waals surface area contributed by atoms with E-state index in [1.807, 2.05) is 24.5 Å². The molecule has 2 heterocycles. The van der Waals surface area contributed by atoms with E-state index in [1.54, 1.807) is 6.33 Å². The predicted molar refractivity (Wildman–Crippen MR) is 69.5 cm³/mol. The molecular weight excluding hydrogens is 242 g/mol. The molecule has 0 aromatic carbocycles. The molecule has 0 aliphatic rings. The lowest BCUT2D eigenvalue weighted by Gasteiger charge is -2.06. The molecule has 0 unspecified atom stereocenters. The van der Waals surface area contributed by atoms with Crippen LogP contribution in [0.15, 0.2) is 18.6 Å². The smallest absolute Gasteiger partial charge is 0.267 e. The summed E-state index contributed by atoms with van der Waals surface area (Å²) in [5, 5.41) is 11.5. The molecule has 2 aromatic rings. The number of aromatic amines is 1. The molecule has 2 N–H and O–H groups in total. The van der Waals surface area contributed by atoms with Crippen LogP contribution in [-0.4, -0.2) is 27.0 Å². The number of carbonyl (C=O) groups excluding carboxylic acids is 1. The third kappa shape index (κ3) is 2.83. The van der Waals surface area contributed by atoms with Crippen molar-refractivity contribution in [3.8, 4) is 6.07 Å². The van der Waals surface area contributed by atoms with Gasteiger partial charge in [-0.15, -0.1) is 0 Å². The predicted octanol–water partition coefficient (Wildman–Crippen LogP) is 1.13. The molecule has 0 fully saturated rings. The average Bonchev–Trinajstić information content (AvgIpc) is 3.00. The molecular formula is C13H15N5O. The highest BCUT2D eigenvalue weighted by Crippen LogP contribution is 2.04. The number of nitrogens with one attached hydrogen (secondary N) is 2. The Balaban J connectivity index is 1.88. The molecule has 0 aliphatic carbocycles. The van der Waals surface area contributed by atoms with Gasteiger partial charge in [-0.1, -0.05) is 0 Å². The third-order valence-corrected chi connectivity index (χ3v) is 3.04. The van der Waals surface area contributed by atoms with E-state index in [1.165, 1.54) is 12.3 Å². The van der Waals surface area contributed by atoms with Crippen LogP contribution in [-0.2, 0) is 6.54 Å². The molecule has 98 valence electrons. The molecule has 6 nitrogen and oxygen atoms in total. The van der Waals surface area contributed by atoms with Crippen LogP contribution in [0.25, 0.3) is 0 Å². The minimum atomic E-state index is -0.212. The number of carbonyl (C=O) groups is 1. The summed E-state index contributed by atoms with van der Waals surface area (Å²) in [7, 11) is 0. The number of rotatable bonds is 4. The maximum Gasteiger partial charge on any atom is 0.267 e. The number of hydrogen-bond acceptors (Lipinski definition) is 3. The van der Waals surface area contributed by atoms with Crippen molar-refractivity contribution in [2.75, 3.05) is 6.54 Å². The summed E-state index contributed by atoms with van der Waals surface area (Å²) in [6.07, 6.45) is 3.28. The average molecular weight is 257 g/mol. The topological polar surface area (TPSA) is 86.5 Å². The Hall–Kier alpha value is -2.55. The number of imidazole rings is 1. The number of nitrogens with zero attached hydrogens (tertiary/aromatic N) is 3. The highest BCUT2D eigenvalue weighted by Gasteiger charge is 2.08. The van der Waals surface area contributed by atoms with Crippen molar-refractivity contribution in [1.82, 2.24) is 19.9 Å². The van der Waals surface area contributed by atoms with Gasteiger partial charge >= 0.3 is 0 Å². The summed E-state index contributed by atoms with van der Waals surface area (Å²) in [5.74, 6) is -0.212. The summed E-state index contributed by atoms with van der Waals surface area (Å²) in [6, 6.07) is 3.50. The zero-order valence-corrected chi connectivity index (χ0v) is 10.9. The van der Waals surface area contributed by atoms with Crippen LogP contribution >= 0.6 is 0 Å². The first kappa shape index (κ1) is 12.9. The van der Waals surface area contributed by atoms with E-state index in [-0.39, 0.29) is 5.91 Å². The number of aromatic nitrogens is 3. The summed E-state index contributed by atoms with van der Waals surface area (Å²) in [6.45, 7) is 5.13. The normalized spacial score (nSPS) is 10.2. The molecule has 2 aromatic heterocycles. The van der Waals surface area contributed by atoms with Gasteiger partial charge in [0.15, 0.2) is 0 Å². The molecule has 0 radical (unpaired) electrons. The number of hydrogen-bond donors (Lipinski definition) is 2. The van der Waals surface area contributed by atoms with Gasteiger partial charge in [0.25, 0.3) is 5.91 Å². The van der Waals surface area contributed by atoms with E-state index < -0.39 is 0 Å². The van der Waals surface area contributed by atoms with Gasteiger partial charge in [-0.25, -0.2) is 4.98 Å². The summed E-state index contributed by atoms with van der Waals surface area (Å²) in [4.78, 5) is 18.7. The van der Waals surface area contributed by atoms with Gasteiger partial charge in [-0.3, -0.25) is 4.79 Å². The Morgan fingerprint density at radius 3 is 2.95 bits per heavy atom. The van der Waals surface area contributed by atoms with E-state index in [9.17, 15) is 4.79 Å². The minimum Gasteiger partial charge on any atom is -0.356 e. The Kier molecular flexibility index (Phi) is 3.66. The Bertz CT molecular complexity index is 632. The fourth-order valence-electron chi connectivity index (χ4n) is 1.74. The fraction of sp³-hybridized carbons (Fsp3) is 0.308. The Morgan fingerprint density at radius 2 is 2.37 bits per heavy atom. The first-order valence-corrected chi connectivity index (χ1v) is 5.97. The SMILES string of the molecule is Cc1ncn(CCNC(=O)c2cc(C#N)c[nH]2)c1C. The standard InChI is InChI=1S/C13H15N5O/c1-9-10(2)18(8-17-9)4-3-15-13(19)12-5-11(6-14)7-16-12/h5,7-8,16H,3-4H2,1-2H3,(H,15,19). The second-order valence-electron chi connectivity index (χ2n) is 4.28. The van der Waals surface area contributed by atoms with Crippen LogP contribution in [0, 0.1) is 25.2 Å². The van der Waals surface area contributed by atoms with E-state index in [0.717, 1.165) is 11.4 Å². The number of H-pyrrole nitrogens is 1. The van der Waals surface area contributed by atoms with Crippen LogP contribution in [0.2, 0.25) is 0 Å². The zero-order valence-electron chi connectivity index (χ0n) is 10.9. The number of nitriles is 1. The highest BCUT2D eigenvalue weighted by molar-refractivity contribution is 5.92. The van der Waals surface area contributed by atoms with Gasteiger partial charge in [0.2, 0.25) is 0 Å². The number of aryl methyl sites for hydroxylation is 1. The zero-order chi connectivity index (χ0) is 13.8. The molecule has 2 rings (SSSR count). The monoisotopic (exact) mass is 257 g/mol. The van der Waals surface area contributed by atoms with Crippen LogP contribution in [0.4, 0.5) is 0 Å². The van der Waals surface area contributed by atoms with E-state index in [0.29, 0.717) is 24.3 Å².